The SMILES string of the molecule is CC(=O)OCC1=C[C@H]2C[C@H](OC(C)=O)C[C@@H](C)[C@]2(O)[C@@H]2C=C(C)C(=O)[C@@]2(O)C1. The molecule has 6 atom stereocenters. The Bertz CT molecular complexity index is 767. The summed E-state index contributed by atoms with van der Waals surface area (Å²) in [5.74, 6) is -2.83. The highest BCUT2D eigenvalue weighted by atomic mass is 16.5. The molecule has 28 heavy (non-hydrogen) atoms. The fourth-order valence-corrected chi connectivity index (χ4v) is 5.22. The molecule has 1 fully saturated rings. The van der Waals surface area contributed by atoms with Crippen molar-refractivity contribution in [3.8, 4) is 0 Å². The Morgan fingerprint density at radius 3 is 2.46 bits per heavy atom. The standard InChI is InChI=1S/C21H28O7/c1-11-5-18-20(25,19(11)24)9-15(10-27-13(3)22)7-16-8-17(28-14(4)23)6-12(2)21(16,18)26/h5,7,12,16-18,25-26H,6,8-10H2,1-4H3/t12-,16+,17-,18-,20-,21-/m1/s1. The van der Waals surface area contributed by atoms with Gasteiger partial charge in [-0.2, -0.15) is 0 Å². The zero-order valence-corrected chi connectivity index (χ0v) is 16.7. The normalized spacial score (nSPS) is 39.9. The third kappa shape index (κ3) is 3.31. The number of rotatable bonds is 3. The lowest BCUT2D eigenvalue weighted by Crippen LogP contribution is -2.60. The summed E-state index contributed by atoms with van der Waals surface area (Å²) >= 11 is 0. The lowest BCUT2D eigenvalue weighted by atomic mass is 9.60. The lowest BCUT2D eigenvalue weighted by Gasteiger charge is -2.50. The number of Topliss-reactive ketones (excluding diaryl/α,β-unsaturated/α-hetero) is 1. The summed E-state index contributed by atoms with van der Waals surface area (Å²) in [5.41, 5.74) is -2.16. The molecule has 0 aliphatic heterocycles. The number of aliphatic hydroxyl groups is 2. The molecule has 0 aromatic rings. The van der Waals surface area contributed by atoms with Crippen molar-refractivity contribution >= 4 is 17.7 Å². The van der Waals surface area contributed by atoms with E-state index in [1.165, 1.54) is 13.8 Å². The Morgan fingerprint density at radius 2 is 1.86 bits per heavy atom. The van der Waals surface area contributed by atoms with Crippen molar-refractivity contribution in [1.29, 1.82) is 0 Å². The van der Waals surface area contributed by atoms with E-state index in [2.05, 4.69) is 0 Å². The van der Waals surface area contributed by atoms with Crippen molar-refractivity contribution < 1.29 is 34.1 Å². The first kappa shape index (κ1) is 20.7. The van der Waals surface area contributed by atoms with Crippen LogP contribution in [0.15, 0.2) is 23.3 Å². The topological polar surface area (TPSA) is 110 Å². The predicted molar refractivity (Wildman–Crippen MR) is 98.9 cm³/mol. The molecule has 0 heterocycles. The maximum absolute atomic E-state index is 12.8. The molecule has 0 unspecified atom stereocenters. The molecule has 0 aromatic carbocycles. The number of esters is 2. The summed E-state index contributed by atoms with van der Waals surface area (Å²) in [6.07, 6.45) is 3.90. The second-order valence-electron chi connectivity index (χ2n) is 8.46. The van der Waals surface area contributed by atoms with Gasteiger partial charge in [0, 0.05) is 32.1 Å². The molecule has 7 heteroatoms. The molecule has 0 saturated heterocycles. The van der Waals surface area contributed by atoms with E-state index >= 15 is 0 Å². The largest absolute Gasteiger partial charge is 0.463 e. The highest BCUT2D eigenvalue weighted by Gasteiger charge is 2.63. The van der Waals surface area contributed by atoms with E-state index in [-0.39, 0.29) is 31.0 Å². The van der Waals surface area contributed by atoms with Gasteiger partial charge in [-0.1, -0.05) is 19.1 Å². The number of ether oxygens (including phenoxy) is 2. The lowest BCUT2D eigenvalue weighted by molar-refractivity contribution is -0.183. The monoisotopic (exact) mass is 392 g/mol. The van der Waals surface area contributed by atoms with Gasteiger partial charge in [0.25, 0.3) is 0 Å². The highest BCUT2D eigenvalue weighted by Crippen LogP contribution is 2.54. The molecule has 1 saturated carbocycles. The summed E-state index contributed by atoms with van der Waals surface area (Å²) in [5, 5.41) is 23.2. The van der Waals surface area contributed by atoms with Gasteiger partial charge in [0.2, 0.25) is 0 Å². The molecule has 2 N–H and O–H groups in total. The minimum atomic E-state index is -1.78. The van der Waals surface area contributed by atoms with Crippen LogP contribution in [0.1, 0.15) is 47.0 Å². The summed E-state index contributed by atoms with van der Waals surface area (Å²) in [6.45, 7) is 6.06. The number of carbonyl (C=O) groups excluding carboxylic acids is 3. The average molecular weight is 392 g/mol. The van der Waals surface area contributed by atoms with Crippen molar-refractivity contribution in [3.63, 3.8) is 0 Å². The summed E-state index contributed by atoms with van der Waals surface area (Å²) in [6, 6.07) is 0. The van der Waals surface area contributed by atoms with Gasteiger partial charge in [-0.25, -0.2) is 0 Å². The van der Waals surface area contributed by atoms with Gasteiger partial charge in [-0.05, 0) is 36.8 Å². The van der Waals surface area contributed by atoms with Gasteiger partial charge in [0.05, 0.1) is 5.60 Å². The zero-order chi connectivity index (χ0) is 20.9. The number of carbonyl (C=O) groups is 3. The van der Waals surface area contributed by atoms with Crippen LogP contribution in [-0.4, -0.2) is 51.8 Å². The molecule has 3 aliphatic rings. The van der Waals surface area contributed by atoms with Crippen LogP contribution in [0.25, 0.3) is 0 Å². The Hall–Kier alpha value is -1.99. The first-order valence-electron chi connectivity index (χ1n) is 9.66. The van der Waals surface area contributed by atoms with Crippen molar-refractivity contribution in [3.05, 3.63) is 23.3 Å². The highest BCUT2D eigenvalue weighted by molar-refractivity contribution is 6.04. The number of hydrogen-bond acceptors (Lipinski definition) is 7. The minimum absolute atomic E-state index is 0.0125. The smallest absolute Gasteiger partial charge is 0.302 e. The average Bonchev–Trinajstić information content (AvgIpc) is 2.75. The van der Waals surface area contributed by atoms with E-state index in [9.17, 15) is 24.6 Å². The number of fused-ring (bicyclic) bond motifs is 3. The molecule has 3 rings (SSSR count). The molecule has 7 nitrogen and oxygen atoms in total. The van der Waals surface area contributed by atoms with Gasteiger partial charge in [0.1, 0.15) is 18.3 Å². The van der Waals surface area contributed by atoms with Crippen LogP contribution in [0.3, 0.4) is 0 Å². The van der Waals surface area contributed by atoms with E-state index in [0.717, 1.165) is 0 Å². The van der Waals surface area contributed by atoms with E-state index in [1.54, 1.807) is 19.1 Å². The second kappa shape index (κ2) is 7.12. The van der Waals surface area contributed by atoms with Crippen LogP contribution < -0.4 is 0 Å². The van der Waals surface area contributed by atoms with E-state index < -0.39 is 34.8 Å². The number of ketones is 1. The Kier molecular flexibility index (Phi) is 5.27. The zero-order valence-electron chi connectivity index (χ0n) is 16.7. The molecular formula is C21H28O7. The molecule has 0 aromatic heterocycles. The van der Waals surface area contributed by atoms with Crippen LogP contribution in [-0.2, 0) is 23.9 Å². The summed E-state index contributed by atoms with van der Waals surface area (Å²) < 4.78 is 10.5. The van der Waals surface area contributed by atoms with Crippen LogP contribution >= 0.6 is 0 Å². The first-order chi connectivity index (χ1) is 13.0. The van der Waals surface area contributed by atoms with Crippen LogP contribution in [0.5, 0.6) is 0 Å². The third-order valence-electron chi connectivity index (χ3n) is 6.42. The Labute approximate surface area is 164 Å². The van der Waals surface area contributed by atoms with Crippen molar-refractivity contribution in [2.45, 2.75) is 64.3 Å². The summed E-state index contributed by atoms with van der Waals surface area (Å²) in [7, 11) is 0. The van der Waals surface area contributed by atoms with Crippen LogP contribution in [0.2, 0.25) is 0 Å². The maximum Gasteiger partial charge on any atom is 0.302 e. The van der Waals surface area contributed by atoms with Crippen molar-refractivity contribution in [2.75, 3.05) is 6.61 Å². The second-order valence-corrected chi connectivity index (χ2v) is 8.46. The van der Waals surface area contributed by atoms with E-state index in [1.807, 2.05) is 6.92 Å². The quantitative estimate of drug-likeness (QED) is 0.553. The first-order valence-corrected chi connectivity index (χ1v) is 9.66. The predicted octanol–water partition coefficient (Wildman–Crippen LogP) is 1.46. The third-order valence-corrected chi connectivity index (χ3v) is 6.42. The minimum Gasteiger partial charge on any atom is -0.463 e. The molecule has 0 amide bonds. The van der Waals surface area contributed by atoms with Gasteiger partial charge >= 0.3 is 11.9 Å². The van der Waals surface area contributed by atoms with E-state index in [4.69, 9.17) is 9.47 Å². The molecule has 0 spiro atoms. The van der Waals surface area contributed by atoms with E-state index in [0.29, 0.717) is 24.0 Å². The Morgan fingerprint density at radius 1 is 1.18 bits per heavy atom. The fourth-order valence-electron chi connectivity index (χ4n) is 5.22. The molecule has 0 bridgehead atoms. The van der Waals surface area contributed by atoms with Crippen molar-refractivity contribution in [2.24, 2.45) is 17.8 Å². The maximum atomic E-state index is 12.8. The molecular weight excluding hydrogens is 364 g/mol. The fraction of sp³-hybridized carbons (Fsp3) is 0.667. The molecule has 0 radical (unpaired) electrons. The van der Waals surface area contributed by atoms with Gasteiger partial charge in [0.15, 0.2) is 5.78 Å². The van der Waals surface area contributed by atoms with Gasteiger partial charge in [-0.3, -0.25) is 14.4 Å². The van der Waals surface area contributed by atoms with Crippen LogP contribution in [0, 0.1) is 17.8 Å². The van der Waals surface area contributed by atoms with Gasteiger partial charge < -0.3 is 19.7 Å². The van der Waals surface area contributed by atoms with Crippen molar-refractivity contribution in [1.82, 2.24) is 0 Å². The van der Waals surface area contributed by atoms with Crippen LogP contribution in [0.4, 0.5) is 0 Å². The Balaban J connectivity index is 2.04. The molecule has 3 aliphatic carbocycles. The summed E-state index contributed by atoms with van der Waals surface area (Å²) in [4.78, 5) is 35.5. The molecule has 154 valence electrons. The number of hydrogen-bond donors (Lipinski definition) is 2. The van der Waals surface area contributed by atoms with Gasteiger partial charge in [-0.15, -0.1) is 0 Å².